The third-order valence-electron chi connectivity index (χ3n) is 3.62. The highest BCUT2D eigenvalue weighted by Gasteiger charge is 2.17. The third kappa shape index (κ3) is 2.35. The van der Waals surface area contributed by atoms with E-state index in [9.17, 15) is 8.42 Å². The quantitative estimate of drug-likeness (QED) is 0.750. The van der Waals surface area contributed by atoms with Crippen LogP contribution in [0.2, 0.25) is 0 Å². The van der Waals surface area contributed by atoms with E-state index in [0.29, 0.717) is 22.7 Å². The fraction of sp³-hybridized carbons (Fsp3) is 0.188. The van der Waals surface area contributed by atoms with E-state index in [-0.39, 0.29) is 10.6 Å². The average molecular weight is 316 g/mol. The molecule has 1 aromatic heterocycles. The summed E-state index contributed by atoms with van der Waals surface area (Å²) >= 11 is 0. The molecule has 0 spiro atoms. The number of nitrogens with zero attached hydrogens (tertiary/aromatic N) is 1. The monoisotopic (exact) mass is 316 g/mol. The van der Waals surface area contributed by atoms with Gasteiger partial charge in [-0.3, -0.25) is 0 Å². The van der Waals surface area contributed by atoms with E-state index in [1.807, 2.05) is 19.1 Å². The lowest BCUT2D eigenvalue weighted by molar-refractivity contribution is 0.597. The number of oxazole rings is 1. The Bertz CT molecular complexity index is 938. The smallest absolute Gasteiger partial charge is 0.229 e. The van der Waals surface area contributed by atoms with E-state index in [1.165, 1.54) is 12.1 Å². The SMILES string of the molecule is CCS(=O)(=O)c1ccc2oc(-c3c(C)cccc3N)nc2c1. The van der Waals surface area contributed by atoms with Crippen LogP contribution in [-0.4, -0.2) is 19.2 Å². The molecule has 3 aromatic rings. The first-order valence-electron chi connectivity index (χ1n) is 6.91. The summed E-state index contributed by atoms with van der Waals surface area (Å²) in [5, 5.41) is 0. The topological polar surface area (TPSA) is 86.2 Å². The van der Waals surface area contributed by atoms with Crippen LogP contribution in [0.4, 0.5) is 5.69 Å². The zero-order valence-corrected chi connectivity index (χ0v) is 13.1. The summed E-state index contributed by atoms with van der Waals surface area (Å²) in [7, 11) is -3.27. The number of sulfone groups is 1. The number of nitrogens with two attached hydrogens (primary N) is 1. The van der Waals surface area contributed by atoms with Crippen molar-refractivity contribution in [2.45, 2.75) is 18.7 Å². The third-order valence-corrected chi connectivity index (χ3v) is 5.35. The summed E-state index contributed by atoms with van der Waals surface area (Å²) in [5.74, 6) is 0.449. The minimum absolute atomic E-state index is 0.0496. The Morgan fingerprint density at radius 1 is 1.23 bits per heavy atom. The Balaban J connectivity index is 2.19. The molecule has 0 aliphatic carbocycles. The minimum atomic E-state index is -3.27. The molecule has 3 rings (SSSR count). The fourth-order valence-electron chi connectivity index (χ4n) is 2.36. The molecule has 0 aliphatic rings. The number of hydrogen-bond donors (Lipinski definition) is 1. The second-order valence-corrected chi connectivity index (χ2v) is 7.37. The summed E-state index contributed by atoms with van der Waals surface area (Å²) in [6.45, 7) is 3.54. The lowest BCUT2D eigenvalue weighted by Gasteiger charge is -2.04. The van der Waals surface area contributed by atoms with E-state index < -0.39 is 9.84 Å². The van der Waals surface area contributed by atoms with E-state index in [4.69, 9.17) is 10.2 Å². The number of rotatable bonds is 3. The number of anilines is 1. The molecule has 0 bridgehead atoms. The van der Waals surface area contributed by atoms with Gasteiger partial charge in [-0.05, 0) is 36.8 Å². The van der Waals surface area contributed by atoms with Gasteiger partial charge in [0.15, 0.2) is 15.4 Å². The lowest BCUT2D eigenvalue weighted by atomic mass is 10.1. The van der Waals surface area contributed by atoms with Gasteiger partial charge in [0.1, 0.15) is 5.52 Å². The number of benzene rings is 2. The van der Waals surface area contributed by atoms with Crippen LogP contribution in [0.1, 0.15) is 12.5 Å². The summed E-state index contributed by atoms with van der Waals surface area (Å²) in [6, 6.07) is 10.3. The molecule has 0 radical (unpaired) electrons. The highest BCUT2D eigenvalue weighted by atomic mass is 32.2. The molecular formula is C16H16N2O3S. The summed E-state index contributed by atoms with van der Waals surface area (Å²) < 4.78 is 29.6. The standard InChI is InChI=1S/C16H16N2O3S/c1-3-22(19,20)11-7-8-14-13(9-11)18-16(21-14)15-10(2)5-4-6-12(15)17/h4-9H,3,17H2,1-2H3. The highest BCUT2D eigenvalue weighted by Crippen LogP contribution is 2.32. The molecule has 5 nitrogen and oxygen atoms in total. The van der Waals surface area contributed by atoms with Crippen LogP contribution in [0.15, 0.2) is 45.7 Å². The van der Waals surface area contributed by atoms with Gasteiger partial charge in [0, 0.05) is 5.69 Å². The maximum atomic E-state index is 12.0. The minimum Gasteiger partial charge on any atom is -0.436 e. The van der Waals surface area contributed by atoms with Crippen LogP contribution < -0.4 is 5.73 Å². The Morgan fingerprint density at radius 2 is 2.00 bits per heavy atom. The first-order valence-corrected chi connectivity index (χ1v) is 8.56. The Morgan fingerprint density at radius 3 is 2.68 bits per heavy atom. The van der Waals surface area contributed by atoms with E-state index in [2.05, 4.69) is 4.98 Å². The van der Waals surface area contributed by atoms with Gasteiger partial charge in [0.25, 0.3) is 0 Å². The molecular weight excluding hydrogens is 300 g/mol. The molecule has 1 heterocycles. The first-order chi connectivity index (χ1) is 10.4. The predicted octanol–water partition coefficient (Wildman–Crippen LogP) is 3.18. The molecule has 0 fully saturated rings. The van der Waals surface area contributed by atoms with Crippen molar-refractivity contribution >= 4 is 26.6 Å². The zero-order valence-electron chi connectivity index (χ0n) is 12.3. The second kappa shape index (κ2) is 5.14. The van der Waals surface area contributed by atoms with Crippen molar-refractivity contribution in [3.05, 3.63) is 42.0 Å². The van der Waals surface area contributed by atoms with Crippen molar-refractivity contribution in [3.63, 3.8) is 0 Å². The number of hydrogen-bond acceptors (Lipinski definition) is 5. The van der Waals surface area contributed by atoms with Crippen molar-refractivity contribution in [1.29, 1.82) is 0 Å². The number of fused-ring (bicyclic) bond motifs is 1. The first kappa shape index (κ1) is 14.6. The maximum Gasteiger partial charge on any atom is 0.229 e. The van der Waals surface area contributed by atoms with Crippen molar-refractivity contribution < 1.29 is 12.8 Å². The van der Waals surface area contributed by atoms with E-state index in [1.54, 1.807) is 19.1 Å². The van der Waals surface area contributed by atoms with Crippen molar-refractivity contribution in [1.82, 2.24) is 4.98 Å². The Labute approximate surface area is 128 Å². The van der Waals surface area contributed by atoms with Crippen LogP contribution >= 0.6 is 0 Å². The number of nitrogen functional groups attached to an aromatic ring is 1. The van der Waals surface area contributed by atoms with Crippen LogP contribution in [-0.2, 0) is 9.84 Å². The largest absolute Gasteiger partial charge is 0.436 e. The summed E-state index contributed by atoms with van der Waals surface area (Å²) in [5.41, 5.74) is 9.31. The Kier molecular flexibility index (Phi) is 3.41. The average Bonchev–Trinajstić information content (AvgIpc) is 2.89. The molecule has 0 atom stereocenters. The molecule has 114 valence electrons. The van der Waals surface area contributed by atoms with Crippen LogP contribution in [0, 0.1) is 6.92 Å². The van der Waals surface area contributed by atoms with Crippen molar-refractivity contribution in [2.75, 3.05) is 11.5 Å². The van der Waals surface area contributed by atoms with Gasteiger partial charge < -0.3 is 10.2 Å². The van der Waals surface area contributed by atoms with Gasteiger partial charge in [0.05, 0.1) is 16.2 Å². The van der Waals surface area contributed by atoms with Gasteiger partial charge in [-0.15, -0.1) is 0 Å². The number of aryl methyl sites for hydroxylation is 1. The fourth-order valence-corrected chi connectivity index (χ4v) is 3.26. The van der Waals surface area contributed by atoms with Crippen LogP contribution in [0.3, 0.4) is 0 Å². The van der Waals surface area contributed by atoms with E-state index in [0.717, 1.165) is 11.1 Å². The molecule has 0 amide bonds. The molecule has 2 aromatic carbocycles. The van der Waals surface area contributed by atoms with Crippen molar-refractivity contribution in [2.24, 2.45) is 0 Å². The second-order valence-electron chi connectivity index (χ2n) is 5.09. The molecule has 2 N–H and O–H groups in total. The van der Waals surface area contributed by atoms with Crippen LogP contribution in [0.5, 0.6) is 0 Å². The summed E-state index contributed by atoms with van der Waals surface area (Å²) in [4.78, 5) is 4.65. The Hall–Kier alpha value is -2.34. The maximum absolute atomic E-state index is 12.0. The summed E-state index contributed by atoms with van der Waals surface area (Å²) in [6.07, 6.45) is 0. The van der Waals surface area contributed by atoms with E-state index >= 15 is 0 Å². The molecule has 22 heavy (non-hydrogen) atoms. The predicted molar refractivity (Wildman–Crippen MR) is 86.3 cm³/mol. The van der Waals surface area contributed by atoms with Crippen LogP contribution in [0.25, 0.3) is 22.6 Å². The molecule has 0 unspecified atom stereocenters. The van der Waals surface area contributed by atoms with Gasteiger partial charge >= 0.3 is 0 Å². The molecule has 0 aliphatic heterocycles. The highest BCUT2D eigenvalue weighted by molar-refractivity contribution is 7.91. The molecule has 6 heteroatoms. The normalized spacial score (nSPS) is 11.9. The van der Waals surface area contributed by atoms with Gasteiger partial charge in [-0.2, -0.15) is 0 Å². The van der Waals surface area contributed by atoms with Crippen molar-refractivity contribution in [3.8, 4) is 11.5 Å². The van der Waals surface area contributed by atoms with Gasteiger partial charge in [0.2, 0.25) is 5.89 Å². The molecule has 0 saturated carbocycles. The molecule has 0 saturated heterocycles. The van der Waals surface area contributed by atoms with Gasteiger partial charge in [-0.1, -0.05) is 19.1 Å². The van der Waals surface area contributed by atoms with Gasteiger partial charge in [-0.25, -0.2) is 13.4 Å². The number of aromatic nitrogens is 1. The zero-order chi connectivity index (χ0) is 15.9. The lowest BCUT2D eigenvalue weighted by Crippen LogP contribution is -2.03.